The summed E-state index contributed by atoms with van der Waals surface area (Å²) in [7, 11) is 0. The lowest BCUT2D eigenvalue weighted by Gasteiger charge is -2.13. The average Bonchev–Trinajstić information content (AvgIpc) is 2.83. The Bertz CT molecular complexity index is 431. The third kappa shape index (κ3) is 3.98. The standard InChI is InChI=1S/C12H15ClF3N3/c13-10-6-8(12(14,15)16)7-19-11(10)18-5-3-9-2-1-4-17-9/h6-7,9,17H,1-5H2,(H,18,19)/t9-/m0/s1. The molecule has 0 aromatic carbocycles. The maximum Gasteiger partial charge on any atom is 0.417 e. The predicted octanol–water partition coefficient (Wildman–Crippen LogP) is 3.31. The highest BCUT2D eigenvalue weighted by atomic mass is 35.5. The summed E-state index contributed by atoms with van der Waals surface area (Å²) in [4.78, 5) is 3.73. The van der Waals surface area contributed by atoms with Gasteiger partial charge in [0.25, 0.3) is 0 Å². The van der Waals surface area contributed by atoms with Crippen LogP contribution in [-0.2, 0) is 6.18 Å². The van der Waals surface area contributed by atoms with E-state index in [0.717, 1.165) is 31.6 Å². The summed E-state index contributed by atoms with van der Waals surface area (Å²) in [6.07, 6.45) is -0.413. The molecule has 7 heteroatoms. The maximum atomic E-state index is 12.4. The van der Waals surface area contributed by atoms with Crippen LogP contribution in [0.4, 0.5) is 19.0 Å². The van der Waals surface area contributed by atoms with Crippen molar-refractivity contribution >= 4 is 17.4 Å². The molecule has 0 amide bonds. The van der Waals surface area contributed by atoms with Crippen molar-refractivity contribution in [1.82, 2.24) is 10.3 Å². The molecule has 0 saturated carbocycles. The van der Waals surface area contributed by atoms with Gasteiger partial charge in [-0.05, 0) is 31.9 Å². The van der Waals surface area contributed by atoms with E-state index >= 15 is 0 Å². The first-order valence-corrected chi connectivity index (χ1v) is 6.54. The molecule has 1 saturated heterocycles. The van der Waals surface area contributed by atoms with Gasteiger partial charge in [0.1, 0.15) is 5.82 Å². The Morgan fingerprint density at radius 3 is 2.84 bits per heavy atom. The Morgan fingerprint density at radius 1 is 1.47 bits per heavy atom. The Balaban J connectivity index is 1.90. The van der Waals surface area contributed by atoms with Crippen LogP contribution in [0.3, 0.4) is 0 Å². The molecule has 0 bridgehead atoms. The topological polar surface area (TPSA) is 37.0 Å². The molecule has 1 aliphatic heterocycles. The molecule has 1 fully saturated rings. The van der Waals surface area contributed by atoms with Gasteiger partial charge in [-0.15, -0.1) is 0 Å². The number of hydrogen-bond donors (Lipinski definition) is 2. The largest absolute Gasteiger partial charge is 0.417 e. The number of rotatable bonds is 4. The lowest BCUT2D eigenvalue weighted by atomic mass is 10.1. The fraction of sp³-hybridized carbons (Fsp3) is 0.583. The second-order valence-corrected chi connectivity index (χ2v) is 4.97. The number of hydrogen-bond acceptors (Lipinski definition) is 3. The number of pyridine rings is 1. The van der Waals surface area contributed by atoms with Crippen LogP contribution in [-0.4, -0.2) is 24.1 Å². The van der Waals surface area contributed by atoms with Gasteiger partial charge in [-0.25, -0.2) is 4.98 Å². The zero-order valence-corrected chi connectivity index (χ0v) is 11.0. The molecule has 1 aromatic heterocycles. The SMILES string of the molecule is FC(F)(F)c1cnc(NCC[C@@H]2CCCN2)c(Cl)c1. The Hall–Kier alpha value is -1.01. The van der Waals surface area contributed by atoms with Crippen LogP contribution >= 0.6 is 11.6 Å². The third-order valence-corrected chi connectivity index (χ3v) is 3.40. The highest BCUT2D eigenvalue weighted by molar-refractivity contribution is 6.32. The fourth-order valence-electron chi connectivity index (χ4n) is 2.09. The first kappa shape index (κ1) is 14.4. The normalized spacial score (nSPS) is 19.7. The van der Waals surface area contributed by atoms with Crippen molar-refractivity contribution in [2.75, 3.05) is 18.4 Å². The Kier molecular flexibility index (Phi) is 4.52. The summed E-state index contributed by atoms with van der Waals surface area (Å²) in [5.74, 6) is 0.299. The van der Waals surface area contributed by atoms with E-state index in [1.54, 1.807) is 0 Å². The Morgan fingerprint density at radius 2 is 2.26 bits per heavy atom. The van der Waals surface area contributed by atoms with E-state index in [2.05, 4.69) is 15.6 Å². The van der Waals surface area contributed by atoms with Crippen molar-refractivity contribution in [3.8, 4) is 0 Å². The lowest BCUT2D eigenvalue weighted by Crippen LogP contribution is -2.24. The molecule has 2 N–H and O–H groups in total. The van der Waals surface area contributed by atoms with Gasteiger partial charge >= 0.3 is 6.18 Å². The molecule has 1 aliphatic rings. The maximum absolute atomic E-state index is 12.4. The summed E-state index contributed by atoms with van der Waals surface area (Å²) < 4.78 is 37.3. The van der Waals surface area contributed by atoms with Crippen LogP contribution in [0.1, 0.15) is 24.8 Å². The third-order valence-electron chi connectivity index (χ3n) is 3.12. The van der Waals surface area contributed by atoms with Crippen LogP contribution in [0.2, 0.25) is 5.02 Å². The highest BCUT2D eigenvalue weighted by Gasteiger charge is 2.31. The van der Waals surface area contributed by atoms with E-state index in [1.807, 2.05) is 0 Å². The van der Waals surface area contributed by atoms with E-state index in [1.165, 1.54) is 6.42 Å². The number of anilines is 1. The van der Waals surface area contributed by atoms with Gasteiger partial charge < -0.3 is 10.6 Å². The zero-order valence-electron chi connectivity index (χ0n) is 10.2. The van der Waals surface area contributed by atoms with E-state index in [9.17, 15) is 13.2 Å². The molecule has 2 heterocycles. The van der Waals surface area contributed by atoms with Gasteiger partial charge in [0.05, 0.1) is 10.6 Å². The molecule has 0 radical (unpaired) electrons. The molecule has 0 aliphatic carbocycles. The minimum Gasteiger partial charge on any atom is -0.369 e. The summed E-state index contributed by atoms with van der Waals surface area (Å²) in [5.41, 5.74) is -0.833. The van der Waals surface area contributed by atoms with Crippen molar-refractivity contribution < 1.29 is 13.2 Å². The molecule has 1 atom stereocenters. The van der Waals surface area contributed by atoms with Crippen LogP contribution in [0.5, 0.6) is 0 Å². The van der Waals surface area contributed by atoms with Crippen LogP contribution in [0, 0.1) is 0 Å². The minimum absolute atomic E-state index is 0.00536. The molecule has 0 unspecified atom stereocenters. The number of halogens is 4. The smallest absolute Gasteiger partial charge is 0.369 e. The van der Waals surface area contributed by atoms with Crippen molar-refractivity contribution in [2.45, 2.75) is 31.5 Å². The molecule has 106 valence electrons. The van der Waals surface area contributed by atoms with Gasteiger partial charge in [-0.1, -0.05) is 11.6 Å². The van der Waals surface area contributed by atoms with Crippen molar-refractivity contribution in [3.63, 3.8) is 0 Å². The molecule has 19 heavy (non-hydrogen) atoms. The van der Waals surface area contributed by atoms with Crippen molar-refractivity contribution in [1.29, 1.82) is 0 Å². The minimum atomic E-state index is -4.41. The monoisotopic (exact) mass is 293 g/mol. The summed E-state index contributed by atoms with van der Waals surface area (Å²) in [6, 6.07) is 1.37. The van der Waals surface area contributed by atoms with Crippen molar-refractivity contribution in [2.24, 2.45) is 0 Å². The van der Waals surface area contributed by atoms with Gasteiger partial charge in [0.2, 0.25) is 0 Å². The number of nitrogens with zero attached hydrogens (tertiary/aromatic N) is 1. The molecule has 3 nitrogen and oxygen atoms in total. The lowest BCUT2D eigenvalue weighted by molar-refractivity contribution is -0.137. The van der Waals surface area contributed by atoms with Gasteiger partial charge in [-0.3, -0.25) is 0 Å². The molecular weight excluding hydrogens is 279 g/mol. The van der Waals surface area contributed by atoms with Crippen LogP contribution in [0.15, 0.2) is 12.3 Å². The van der Waals surface area contributed by atoms with Gasteiger partial charge in [-0.2, -0.15) is 13.2 Å². The van der Waals surface area contributed by atoms with E-state index in [0.29, 0.717) is 18.4 Å². The van der Waals surface area contributed by atoms with E-state index < -0.39 is 11.7 Å². The van der Waals surface area contributed by atoms with Gasteiger partial charge in [0.15, 0.2) is 0 Å². The number of nitrogens with one attached hydrogen (secondary N) is 2. The number of alkyl halides is 3. The molecule has 0 spiro atoms. The summed E-state index contributed by atoms with van der Waals surface area (Å²) in [6.45, 7) is 1.67. The quantitative estimate of drug-likeness (QED) is 0.894. The summed E-state index contributed by atoms with van der Waals surface area (Å²) in [5, 5.41) is 6.31. The van der Waals surface area contributed by atoms with E-state index in [-0.39, 0.29) is 5.02 Å². The molecular formula is C12H15ClF3N3. The van der Waals surface area contributed by atoms with Crippen molar-refractivity contribution in [3.05, 3.63) is 22.8 Å². The molecule has 1 aromatic rings. The van der Waals surface area contributed by atoms with Crippen LogP contribution < -0.4 is 10.6 Å². The second-order valence-electron chi connectivity index (χ2n) is 4.56. The van der Waals surface area contributed by atoms with Crippen LogP contribution in [0.25, 0.3) is 0 Å². The zero-order chi connectivity index (χ0) is 13.9. The molecule has 2 rings (SSSR count). The first-order chi connectivity index (χ1) is 8.97. The fourth-order valence-corrected chi connectivity index (χ4v) is 2.32. The van der Waals surface area contributed by atoms with E-state index in [4.69, 9.17) is 11.6 Å². The predicted molar refractivity (Wildman–Crippen MR) is 68.4 cm³/mol. The Labute approximate surface area is 114 Å². The number of aromatic nitrogens is 1. The second kappa shape index (κ2) is 5.96. The first-order valence-electron chi connectivity index (χ1n) is 6.17. The van der Waals surface area contributed by atoms with Gasteiger partial charge in [0, 0.05) is 18.8 Å². The highest BCUT2D eigenvalue weighted by Crippen LogP contribution is 2.32. The average molecular weight is 294 g/mol. The summed E-state index contributed by atoms with van der Waals surface area (Å²) >= 11 is 5.79.